The largest absolute Gasteiger partial charge is 0.330 e. The van der Waals surface area contributed by atoms with Crippen LogP contribution in [0, 0.1) is 0 Å². The molecule has 26 heavy (non-hydrogen) atoms. The van der Waals surface area contributed by atoms with Gasteiger partial charge in [0.15, 0.2) is 0 Å². The van der Waals surface area contributed by atoms with E-state index in [0.717, 1.165) is 11.6 Å². The fraction of sp³-hybridized carbons (Fsp3) is 0.312. The van der Waals surface area contributed by atoms with Crippen molar-refractivity contribution in [2.24, 2.45) is 0 Å². The number of rotatable bonds is 5. The SMILES string of the molecule is CN(C)CCn1cc(S(=O)(=O)N2C(Cl)C=C3SC=CN32)c2cccnc21. The van der Waals surface area contributed by atoms with E-state index < -0.39 is 15.5 Å². The van der Waals surface area contributed by atoms with Crippen molar-refractivity contribution >= 4 is 44.4 Å². The van der Waals surface area contributed by atoms with Gasteiger partial charge in [0.25, 0.3) is 10.0 Å². The molecule has 10 heteroatoms. The number of halogens is 1. The number of hydrazine groups is 1. The Morgan fingerprint density at radius 1 is 1.38 bits per heavy atom. The fourth-order valence-corrected chi connectivity index (χ4v) is 6.02. The normalized spacial score (nSPS) is 20.4. The van der Waals surface area contributed by atoms with Crippen LogP contribution in [0.4, 0.5) is 0 Å². The number of alkyl halides is 1. The number of likely N-dealkylation sites (N-methyl/N-ethyl adjacent to an activating group) is 1. The zero-order chi connectivity index (χ0) is 18.5. The highest BCUT2D eigenvalue weighted by Gasteiger charge is 2.42. The third-order valence-electron chi connectivity index (χ3n) is 4.23. The highest BCUT2D eigenvalue weighted by atomic mass is 35.5. The third kappa shape index (κ3) is 2.84. The van der Waals surface area contributed by atoms with E-state index >= 15 is 0 Å². The van der Waals surface area contributed by atoms with Crippen LogP contribution in [0.5, 0.6) is 0 Å². The summed E-state index contributed by atoms with van der Waals surface area (Å²) in [6.07, 6.45) is 6.77. The molecule has 2 aromatic rings. The Kier molecular flexibility index (Phi) is 4.52. The van der Waals surface area contributed by atoms with E-state index in [4.69, 9.17) is 11.6 Å². The van der Waals surface area contributed by atoms with E-state index in [2.05, 4.69) is 4.98 Å². The van der Waals surface area contributed by atoms with Crippen molar-refractivity contribution in [2.75, 3.05) is 20.6 Å². The van der Waals surface area contributed by atoms with Crippen molar-refractivity contribution in [1.29, 1.82) is 0 Å². The van der Waals surface area contributed by atoms with Crippen molar-refractivity contribution in [2.45, 2.75) is 16.9 Å². The Balaban J connectivity index is 1.80. The van der Waals surface area contributed by atoms with Gasteiger partial charge in [0.05, 0.1) is 5.03 Å². The lowest BCUT2D eigenvalue weighted by Gasteiger charge is -2.27. The number of pyridine rings is 1. The molecule has 0 saturated heterocycles. The van der Waals surface area contributed by atoms with Crippen molar-refractivity contribution in [3.63, 3.8) is 0 Å². The number of nitrogens with zero attached hydrogens (tertiary/aromatic N) is 5. The summed E-state index contributed by atoms with van der Waals surface area (Å²) in [5.74, 6) is 0. The van der Waals surface area contributed by atoms with Crippen LogP contribution in [0.25, 0.3) is 11.0 Å². The molecular weight excluding hydrogens is 394 g/mol. The van der Waals surface area contributed by atoms with Crippen LogP contribution in [0.2, 0.25) is 0 Å². The maximum Gasteiger partial charge on any atom is 0.264 e. The molecule has 4 heterocycles. The van der Waals surface area contributed by atoms with E-state index in [1.165, 1.54) is 16.2 Å². The number of hydrogen-bond donors (Lipinski definition) is 0. The molecule has 0 bridgehead atoms. The number of thioether (sulfide) groups is 1. The lowest BCUT2D eigenvalue weighted by molar-refractivity contribution is 0.205. The van der Waals surface area contributed by atoms with Gasteiger partial charge in [-0.1, -0.05) is 27.8 Å². The van der Waals surface area contributed by atoms with Crippen LogP contribution in [-0.4, -0.2) is 58.4 Å². The monoisotopic (exact) mass is 411 g/mol. The lowest BCUT2D eigenvalue weighted by atomic mass is 10.3. The van der Waals surface area contributed by atoms with Crippen molar-refractivity contribution in [1.82, 2.24) is 23.9 Å². The molecule has 0 N–H and O–H groups in total. The predicted molar refractivity (Wildman–Crippen MR) is 104 cm³/mol. The molecule has 7 nitrogen and oxygen atoms in total. The molecule has 0 saturated carbocycles. The van der Waals surface area contributed by atoms with Gasteiger partial charge in [-0.15, -0.1) is 0 Å². The zero-order valence-corrected chi connectivity index (χ0v) is 16.7. The van der Waals surface area contributed by atoms with Crippen LogP contribution in [0.15, 0.2) is 52.1 Å². The summed E-state index contributed by atoms with van der Waals surface area (Å²) in [5, 5.41) is 4.80. The second-order valence-electron chi connectivity index (χ2n) is 6.27. The maximum absolute atomic E-state index is 13.4. The maximum atomic E-state index is 13.4. The van der Waals surface area contributed by atoms with Crippen LogP contribution in [0.3, 0.4) is 0 Å². The molecule has 4 rings (SSSR count). The Bertz CT molecular complexity index is 1010. The molecule has 1 atom stereocenters. The highest BCUT2D eigenvalue weighted by Crippen LogP contribution is 2.42. The second kappa shape index (κ2) is 6.58. The molecule has 2 aliphatic heterocycles. The Labute approximate surface area is 161 Å². The molecule has 0 fully saturated rings. The Hall–Kier alpha value is -1.52. The molecule has 1 unspecified atom stereocenters. The smallest absolute Gasteiger partial charge is 0.264 e. The summed E-state index contributed by atoms with van der Waals surface area (Å²) < 4.78 is 29.9. The Morgan fingerprint density at radius 2 is 2.19 bits per heavy atom. The minimum Gasteiger partial charge on any atom is -0.330 e. The average Bonchev–Trinajstić information content (AvgIpc) is 3.25. The van der Waals surface area contributed by atoms with Gasteiger partial charge in [0.2, 0.25) is 0 Å². The molecule has 0 aromatic carbocycles. The van der Waals surface area contributed by atoms with Crippen LogP contribution in [0.1, 0.15) is 0 Å². The zero-order valence-electron chi connectivity index (χ0n) is 14.3. The number of aromatic nitrogens is 2. The first kappa shape index (κ1) is 17.9. The van der Waals surface area contributed by atoms with Crippen LogP contribution < -0.4 is 0 Å². The predicted octanol–water partition coefficient (Wildman–Crippen LogP) is 2.44. The average molecular weight is 412 g/mol. The summed E-state index contributed by atoms with van der Waals surface area (Å²) in [5.41, 5.74) is -0.109. The van der Waals surface area contributed by atoms with E-state index in [9.17, 15) is 8.42 Å². The van der Waals surface area contributed by atoms with Gasteiger partial charge in [0, 0.05) is 37.1 Å². The third-order valence-corrected chi connectivity index (χ3v) is 7.26. The van der Waals surface area contributed by atoms with E-state index in [1.807, 2.05) is 29.0 Å². The van der Waals surface area contributed by atoms with Crippen molar-refractivity contribution in [3.05, 3.63) is 47.2 Å². The number of fused-ring (bicyclic) bond motifs is 2. The van der Waals surface area contributed by atoms with E-state index in [-0.39, 0.29) is 4.90 Å². The van der Waals surface area contributed by atoms with Gasteiger partial charge in [-0.2, -0.15) is 0 Å². The van der Waals surface area contributed by atoms with Crippen LogP contribution >= 0.6 is 23.4 Å². The summed E-state index contributed by atoms with van der Waals surface area (Å²) in [6.45, 7) is 1.42. The quantitative estimate of drug-likeness (QED) is 0.556. The number of hydrogen-bond acceptors (Lipinski definition) is 6. The van der Waals surface area contributed by atoms with Crippen molar-refractivity contribution in [3.8, 4) is 0 Å². The standard InChI is InChI=1S/C16H18ClN5O2S2/c1-19(2)6-7-20-11-13(12-4-3-5-18-16(12)20)26(23,24)22-14(17)10-15-21(22)8-9-25-15/h3-5,8-11,14H,6-7H2,1-2H3. The molecular formula is C16H18ClN5O2S2. The first-order valence-corrected chi connectivity index (χ1v) is 10.8. The minimum atomic E-state index is -3.85. The molecule has 2 aliphatic rings. The topological polar surface area (TPSA) is 61.7 Å². The fourth-order valence-electron chi connectivity index (χ4n) is 2.99. The molecule has 0 aliphatic carbocycles. The van der Waals surface area contributed by atoms with Crippen molar-refractivity contribution < 1.29 is 8.42 Å². The summed E-state index contributed by atoms with van der Waals surface area (Å²) >= 11 is 7.77. The lowest BCUT2D eigenvalue weighted by Crippen LogP contribution is -2.41. The highest BCUT2D eigenvalue weighted by molar-refractivity contribution is 8.06. The molecule has 0 spiro atoms. The van der Waals surface area contributed by atoms with E-state index in [1.54, 1.807) is 41.8 Å². The van der Waals surface area contributed by atoms with Gasteiger partial charge in [-0.3, -0.25) is 5.01 Å². The van der Waals surface area contributed by atoms with Gasteiger partial charge >= 0.3 is 0 Å². The first-order valence-electron chi connectivity index (χ1n) is 8.01. The minimum absolute atomic E-state index is 0.213. The Morgan fingerprint density at radius 3 is 2.96 bits per heavy atom. The van der Waals surface area contributed by atoms with Gasteiger partial charge in [0.1, 0.15) is 16.0 Å². The first-order chi connectivity index (χ1) is 12.4. The number of sulfonamides is 1. The summed E-state index contributed by atoms with van der Waals surface area (Å²) in [6, 6.07) is 3.53. The second-order valence-corrected chi connectivity index (χ2v) is 9.40. The molecule has 0 radical (unpaired) electrons. The summed E-state index contributed by atoms with van der Waals surface area (Å²) in [7, 11) is 0.102. The van der Waals surface area contributed by atoms with Gasteiger partial charge < -0.3 is 9.47 Å². The van der Waals surface area contributed by atoms with Gasteiger partial charge in [-0.25, -0.2) is 13.4 Å². The van der Waals surface area contributed by atoms with E-state index in [0.29, 0.717) is 17.6 Å². The summed E-state index contributed by atoms with van der Waals surface area (Å²) in [4.78, 5) is 6.64. The van der Waals surface area contributed by atoms with Gasteiger partial charge in [-0.05, 0) is 37.7 Å². The molecule has 2 aromatic heterocycles. The molecule has 0 amide bonds. The molecule has 138 valence electrons. The van der Waals surface area contributed by atoms with Crippen LogP contribution in [-0.2, 0) is 16.6 Å².